The number of amides is 2. The highest BCUT2D eigenvalue weighted by atomic mass is 16.2. The zero-order chi connectivity index (χ0) is 9.64. The van der Waals surface area contributed by atoms with Crippen LogP contribution in [0.1, 0.15) is 19.8 Å². The van der Waals surface area contributed by atoms with Gasteiger partial charge in [-0.1, -0.05) is 6.92 Å². The fourth-order valence-electron chi connectivity index (χ4n) is 2.30. The van der Waals surface area contributed by atoms with Crippen LogP contribution in [-0.4, -0.2) is 37.3 Å². The summed E-state index contributed by atoms with van der Waals surface area (Å²) < 4.78 is 0. The number of carbonyl (C=O) groups excluding carboxylic acids is 2. The topological polar surface area (TPSA) is 49.4 Å². The Morgan fingerprint density at radius 2 is 2.38 bits per heavy atom. The predicted molar refractivity (Wildman–Crippen MR) is 46.7 cm³/mol. The Bertz CT molecular complexity index is 271. The largest absolute Gasteiger partial charge is 0.407 e. The summed E-state index contributed by atoms with van der Waals surface area (Å²) >= 11 is 0. The van der Waals surface area contributed by atoms with Crippen LogP contribution in [0, 0.1) is 5.41 Å². The maximum Gasteiger partial charge on any atom is 0.230 e. The molecule has 4 nitrogen and oxygen atoms in total. The summed E-state index contributed by atoms with van der Waals surface area (Å²) in [7, 11) is 5.03. The normalized spacial score (nSPS) is 41.2. The number of fused-ring (bicyclic) bond motifs is 1. The number of nitrogens with zero attached hydrogens (tertiary/aromatic N) is 1. The lowest BCUT2D eigenvalue weighted by Crippen LogP contribution is -2.43. The van der Waals surface area contributed by atoms with E-state index in [9.17, 15) is 9.59 Å². The Hall–Kier alpha value is -0.995. The summed E-state index contributed by atoms with van der Waals surface area (Å²) in [5.74, 6) is -0.263. The smallest absolute Gasteiger partial charge is 0.230 e. The molecular weight excluding hydrogens is 167 g/mol. The molecule has 68 valence electrons. The van der Waals surface area contributed by atoms with Gasteiger partial charge in [0.15, 0.2) is 0 Å². The molecule has 13 heavy (non-hydrogen) atoms. The highest BCUT2D eigenvalue weighted by molar-refractivity contribution is 6.15. The summed E-state index contributed by atoms with van der Waals surface area (Å²) in [6.45, 7) is 2.10. The summed E-state index contributed by atoms with van der Waals surface area (Å²) in [6.07, 6.45) is 2.50. The number of hydrogen-bond acceptors (Lipinski definition) is 2. The van der Waals surface area contributed by atoms with Crippen molar-refractivity contribution < 1.29 is 9.59 Å². The maximum absolute atomic E-state index is 11.3. The van der Waals surface area contributed by atoms with Crippen LogP contribution in [0.3, 0.4) is 0 Å². The van der Waals surface area contributed by atoms with Crippen LogP contribution in [0.5, 0.6) is 0 Å². The molecule has 1 saturated carbocycles. The third-order valence-electron chi connectivity index (χ3n) is 3.25. The first kappa shape index (κ1) is 8.60. The van der Waals surface area contributed by atoms with Crippen molar-refractivity contribution >= 4 is 20.3 Å². The minimum Gasteiger partial charge on any atom is -0.407 e. The van der Waals surface area contributed by atoms with Crippen molar-refractivity contribution in [3.8, 4) is 0 Å². The van der Waals surface area contributed by atoms with Crippen LogP contribution in [0.15, 0.2) is 0 Å². The first-order valence-electron chi connectivity index (χ1n) is 4.35. The van der Waals surface area contributed by atoms with Crippen molar-refractivity contribution in [3.05, 3.63) is 0 Å². The molecule has 0 aromatic rings. The van der Waals surface area contributed by atoms with Gasteiger partial charge in [-0.2, -0.15) is 0 Å². The second kappa shape index (κ2) is 2.50. The lowest BCUT2D eigenvalue weighted by Gasteiger charge is -2.21. The van der Waals surface area contributed by atoms with Crippen molar-refractivity contribution in [3.63, 3.8) is 0 Å². The summed E-state index contributed by atoms with van der Waals surface area (Å²) in [6, 6.07) is -0.0986. The van der Waals surface area contributed by atoms with E-state index in [1.54, 1.807) is 4.90 Å². The molecule has 2 amide bonds. The van der Waals surface area contributed by atoms with Gasteiger partial charge in [0.2, 0.25) is 20.3 Å². The minimum atomic E-state index is -0.355. The highest BCUT2D eigenvalue weighted by Crippen LogP contribution is 2.58. The average Bonchev–Trinajstić information content (AvgIpc) is 2.69. The number of carbonyl (C=O) groups is 2. The van der Waals surface area contributed by atoms with E-state index in [2.05, 4.69) is 12.2 Å². The molecule has 2 fully saturated rings. The second-order valence-electron chi connectivity index (χ2n) is 4.16. The molecule has 5 heteroatoms. The predicted octanol–water partition coefficient (Wildman–Crippen LogP) is -0.805. The fraction of sp³-hybridized carbons (Fsp3) is 0.750. The van der Waals surface area contributed by atoms with E-state index in [1.807, 2.05) is 0 Å². The number of piperidine rings is 1. The Morgan fingerprint density at radius 3 is 2.92 bits per heavy atom. The molecule has 0 aromatic heterocycles. The number of likely N-dealkylation sites (tertiary alicyclic amines) is 1. The lowest BCUT2D eigenvalue weighted by atomic mass is 10.0. The van der Waals surface area contributed by atoms with Gasteiger partial charge in [-0.25, -0.2) is 0 Å². The molecule has 1 heterocycles. The third kappa shape index (κ3) is 1.06. The average molecular weight is 178 g/mol. The second-order valence-corrected chi connectivity index (χ2v) is 4.16. The monoisotopic (exact) mass is 178 g/mol. The first-order valence-corrected chi connectivity index (χ1v) is 4.35. The van der Waals surface area contributed by atoms with Gasteiger partial charge in [-0.15, -0.1) is 0 Å². The van der Waals surface area contributed by atoms with Gasteiger partial charge in [-0.05, 0) is 18.3 Å². The fourth-order valence-corrected chi connectivity index (χ4v) is 2.30. The van der Waals surface area contributed by atoms with E-state index in [1.165, 1.54) is 0 Å². The molecule has 1 aliphatic heterocycles. The number of hydrogen-bond donors (Lipinski definition) is 1. The van der Waals surface area contributed by atoms with Crippen LogP contribution in [0.25, 0.3) is 0 Å². The maximum atomic E-state index is 11.3. The van der Waals surface area contributed by atoms with Crippen LogP contribution in [-0.2, 0) is 9.59 Å². The van der Waals surface area contributed by atoms with Gasteiger partial charge < -0.3 is 10.1 Å². The molecular formula is C8H11BN2O2. The first-order chi connectivity index (χ1) is 6.12. The lowest BCUT2D eigenvalue weighted by molar-refractivity contribution is -0.131. The van der Waals surface area contributed by atoms with E-state index in [-0.39, 0.29) is 23.4 Å². The molecule has 3 unspecified atom stereocenters. The summed E-state index contributed by atoms with van der Waals surface area (Å²) in [5.41, 5.74) is 0.165. The van der Waals surface area contributed by atoms with Crippen LogP contribution in [0.4, 0.5) is 0 Å². The Kier molecular flexibility index (Phi) is 1.65. The van der Waals surface area contributed by atoms with Crippen molar-refractivity contribution in [2.24, 2.45) is 5.41 Å². The Balaban J connectivity index is 2.14. The summed E-state index contributed by atoms with van der Waals surface area (Å²) in [4.78, 5) is 23.6. The molecule has 0 spiro atoms. The van der Waals surface area contributed by atoms with Gasteiger partial charge in [0.05, 0.1) is 0 Å². The van der Waals surface area contributed by atoms with E-state index in [0.717, 1.165) is 19.3 Å². The molecule has 2 radical (unpaired) electrons. The number of nitrogens with one attached hydrogen (secondary N) is 1. The molecule has 2 aliphatic rings. The van der Waals surface area contributed by atoms with Crippen molar-refractivity contribution in [1.29, 1.82) is 0 Å². The number of rotatable bonds is 2. The van der Waals surface area contributed by atoms with E-state index < -0.39 is 0 Å². The van der Waals surface area contributed by atoms with Gasteiger partial charge >= 0.3 is 0 Å². The van der Waals surface area contributed by atoms with Gasteiger partial charge in [0.1, 0.15) is 6.04 Å². The molecule has 0 aromatic carbocycles. The van der Waals surface area contributed by atoms with Gasteiger partial charge in [0, 0.05) is 6.04 Å². The SMILES string of the molecule is [B]NC(=O)C1CC2(C)CC2N1C=O. The molecule has 1 aliphatic carbocycles. The van der Waals surface area contributed by atoms with Crippen LogP contribution < -0.4 is 5.23 Å². The van der Waals surface area contributed by atoms with Crippen molar-refractivity contribution in [1.82, 2.24) is 10.1 Å². The Morgan fingerprint density at radius 1 is 1.69 bits per heavy atom. The van der Waals surface area contributed by atoms with E-state index in [0.29, 0.717) is 0 Å². The van der Waals surface area contributed by atoms with E-state index >= 15 is 0 Å². The highest BCUT2D eigenvalue weighted by Gasteiger charge is 2.62. The van der Waals surface area contributed by atoms with Crippen molar-refractivity contribution in [2.75, 3.05) is 0 Å². The molecule has 3 atom stereocenters. The quantitative estimate of drug-likeness (QED) is 0.444. The Labute approximate surface area is 78.1 Å². The zero-order valence-corrected chi connectivity index (χ0v) is 7.49. The van der Waals surface area contributed by atoms with Crippen LogP contribution in [0.2, 0.25) is 0 Å². The van der Waals surface area contributed by atoms with E-state index in [4.69, 9.17) is 7.98 Å². The molecule has 1 N–H and O–H groups in total. The van der Waals surface area contributed by atoms with Gasteiger partial charge in [0.25, 0.3) is 0 Å². The minimum absolute atomic E-state index is 0.165. The molecule has 2 rings (SSSR count). The zero-order valence-electron chi connectivity index (χ0n) is 7.49. The standard InChI is InChI=1S/C8H11BN2O2/c1-8-2-5(7(13)10-9)11(4-12)6(8)3-8/h4-6H,2-3H2,1H3,(H,10,13). The van der Waals surface area contributed by atoms with Gasteiger partial charge in [-0.3, -0.25) is 9.59 Å². The third-order valence-corrected chi connectivity index (χ3v) is 3.25. The summed E-state index contributed by atoms with van der Waals surface area (Å²) in [5, 5.41) is 2.09. The van der Waals surface area contributed by atoms with Crippen LogP contribution >= 0.6 is 0 Å². The van der Waals surface area contributed by atoms with Crippen molar-refractivity contribution in [2.45, 2.75) is 31.8 Å². The molecule has 1 saturated heterocycles. The molecule has 0 bridgehead atoms.